The summed E-state index contributed by atoms with van der Waals surface area (Å²) < 4.78 is 5.09. The SMILES string of the molecule is Cc1ccc(C(=O)N(CN2CCCC2=O)c2cc(C)on2)cc1. The molecule has 0 radical (unpaired) electrons. The lowest BCUT2D eigenvalue weighted by molar-refractivity contribution is -0.127. The van der Waals surface area contributed by atoms with E-state index in [4.69, 9.17) is 4.52 Å². The van der Waals surface area contributed by atoms with E-state index in [9.17, 15) is 9.59 Å². The molecule has 3 rings (SSSR count). The van der Waals surface area contributed by atoms with Gasteiger partial charge in [-0.15, -0.1) is 0 Å². The van der Waals surface area contributed by atoms with E-state index in [0.717, 1.165) is 12.0 Å². The molecule has 1 aromatic carbocycles. The lowest BCUT2D eigenvalue weighted by Gasteiger charge is -2.25. The van der Waals surface area contributed by atoms with Crippen LogP contribution in [-0.4, -0.2) is 35.1 Å². The van der Waals surface area contributed by atoms with Crippen molar-refractivity contribution in [1.29, 1.82) is 0 Å². The van der Waals surface area contributed by atoms with Crippen LogP contribution in [0.15, 0.2) is 34.9 Å². The maximum atomic E-state index is 12.9. The first kappa shape index (κ1) is 15.3. The number of anilines is 1. The minimum Gasteiger partial charge on any atom is -0.360 e. The molecular formula is C17H19N3O3. The lowest BCUT2D eigenvalue weighted by atomic mass is 10.1. The first-order chi connectivity index (χ1) is 11.0. The van der Waals surface area contributed by atoms with Crippen LogP contribution in [0.2, 0.25) is 0 Å². The first-order valence-electron chi connectivity index (χ1n) is 7.64. The molecule has 2 amide bonds. The van der Waals surface area contributed by atoms with Crippen LogP contribution >= 0.6 is 0 Å². The fraction of sp³-hybridized carbons (Fsp3) is 0.353. The molecule has 1 aliphatic rings. The molecule has 0 bridgehead atoms. The highest BCUT2D eigenvalue weighted by Crippen LogP contribution is 2.20. The fourth-order valence-electron chi connectivity index (χ4n) is 2.60. The Balaban J connectivity index is 1.89. The summed E-state index contributed by atoms with van der Waals surface area (Å²) in [6, 6.07) is 9.04. The Hall–Kier alpha value is -2.63. The van der Waals surface area contributed by atoms with Crippen LogP contribution in [-0.2, 0) is 4.79 Å². The zero-order valence-electron chi connectivity index (χ0n) is 13.3. The van der Waals surface area contributed by atoms with E-state index in [1.54, 1.807) is 30.0 Å². The number of aryl methyl sites for hydroxylation is 2. The molecule has 2 heterocycles. The summed E-state index contributed by atoms with van der Waals surface area (Å²) in [6.45, 7) is 4.59. The van der Waals surface area contributed by atoms with Crippen LogP contribution in [0.5, 0.6) is 0 Å². The zero-order valence-corrected chi connectivity index (χ0v) is 13.3. The fourth-order valence-corrected chi connectivity index (χ4v) is 2.60. The van der Waals surface area contributed by atoms with Crippen molar-refractivity contribution in [2.45, 2.75) is 26.7 Å². The summed E-state index contributed by atoms with van der Waals surface area (Å²) in [7, 11) is 0. The van der Waals surface area contributed by atoms with Crippen molar-refractivity contribution in [2.75, 3.05) is 18.1 Å². The smallest absolute Gasteiger partial charge is 0.261 e. The van der Waals surface area contributed by atoms with Crippen molar-refractivity contribution in [3.05, 3.63) is 47.2 Å². The number of hydrogen-bond donors (Lipinski definition) is 0. The third-order valence-corrected chi connectivity index (χ3v) is 3.92. The van der Waals surface area contributed by atoms with Crippen molar-refractivity contribution in [3.63, 3.8) is 0 Å². The van der Waals surface area contributed by atoms with Crippen molar-refractivity contribution in [1.82, 2.24) is 10.1 Å². The third kappa shape index (κ3) is 3.26. The molecule has 23 heavy (non-hydrogen) atoms. The van der Waals surface area contributed by atoms with Crippen molar-refractivity contribution in [2.24, 2.45) is 0 Å². The minimum absolute atomic E-state index is 0.0620. The standard InChI is InChI=1S/C17H19N3O3/c1-12-5-7-14(8-6-12)17(22)20(15-10-13(2)23-18-15)11-19-9-3-4-16(19)21/h5-8,10H,3-4,9,11H2,1-2H3. The van der Waals surface area contributed by atoms with E-state index in [-0.39, 0.29) is 18.5 Å². The predicted octanol–water partition coefficient (Wildman–Crippen LogP) is 2.52. The monoisotopic (exact) mass is 313 g/mol. The minimum atomic E-state index is -0.196. The average molecular weight is 313 g/mol. The molecule has 2 aromatic rings. The molecule has 6 heteroatoms. The second kappa shape index (κ2) is 6.24. The molecule has 120 valence electrons. The van der Waals surface area contributed by atoms with Crippen LogP contribution in [0.3, 0.4) is 0 Å². The van der Waals surface area contributed by atoms with Gasteiger partial charge >= 0.3 is 0 Å². The largest absolute Gasteiger partial charge is 0.360 e. The Morgan fingerprint density at radius 1 is 1.30 bits per heavy atom. The molecule has 0 spiro atoms. The topological polar surface area (TPSA) is 66.7 Å². The van der Waals surface area contributed by atoms with Crippen LogP contribution in [0, 0.1) is 13.8 Å². The average Bonchev–Trinajstić information content (AvgIpc) is 3.13. The summed E-state index contributed by atoms with van der Waals surface area (Å²) >= 11 is 0. The zero-order chi connectivity index (χ0) is 16.4. The normalized spacial score (nSPS) is 14.3. The second-order valence-corrected chi connectivity index (χ2v) is 5.80. The van der Waals surface area contributed by atoms with E-state index in [0.29, 0.717) is 30.1 Å². The highest BCUT2D eigenvalue weighted by atomic mass is 16.5. The van der Waals surface area contributed by atoms with Gasteiger partial charge in [-0.2, -0.15) is 0 Å². The Bertz CT molecular complexity index is 721. The van der Waals surface area contributed by atoms with Gasteiger partial charge in [0.25, 0.3) is 5.91 Å². The lowest BCUT2D eigenvalue weighted by Crippen LogP contribution is -2.42. The highest BCUT2D eigenvalue weighted by molar-refractivity contribution is 6.05. The Morgan fingerprint density at radius 2 is 2.04 bits per heavy atom. The van der Waals surface area contributed by atoms with Crippen LogP contribution in [0.4, 0.5) is 5.82 Å². The summed E-state index contributed by atoms with van der Waals surface area (Å²) in [5.41, 5.74) is 1.64. The van der Waals surface area contributed by atoms with E-state index in [1.165, 1.54) is 4.90 Å². The number of aromatic nitrogens is 1. The van der Waals surface area contributed by atoms with Crippen molar-refractivity contribution < 1.29 is 14.1 Å². The van der Waals surface area contributed by atoms with E-state index >= 15 is 0 Å². The molecule has 0 aliphatic carbocycles. The van der Waals surface area contributed by atoms with Gasteiger partial charge in [-0.05, 0) is 32.4 Å². The number of hydrogen-bond acceptors (Lipinski definition) is 4. The number of nitrogens with zero attached hydrogens (tertiary/aromatic N) is 3. The molecule has 1 fully saturated rings. The van der Waals surface area contributed by atoms with Crippen LogP contribution < -0.4 is 4.90 Å². The molecule has 0 N–H and O–H groups in total. The number of likely N-dealkylation sites (tertiary alicyclic amines) is 1. The van der Waals surface area contributed by atoms with Gasteiger partial charge < -0.3 is 9.42 Å². The Kier molecular flexibility index (Phi) is 4.14. The summed E-state index contributed by atoms with van der Waals surface area (Å²) in [4.78, 5) is 27.9. The number of rotatable bonds is 4. The van der Waals surface area contributed by atoms with Gasteiger partial charge in [0, 0.05) is 24.6 Å². The van der Waals surface area contributed by atoms with Gasteiger partial charge in [-0.25, -0.2) is 0 Å². The van der Waals surface area contributed by atoms with Crippen molar-refractivity contribution >= 4 is 17.6 Å². The molecule has 1 aliphatic heterocycles. The summed E-state index contributed by atoms with van der Waals surface area (Å²) in [6.07, 6.45) is 1.35. The predicted molar refractivity (Wildman–Crippen MR) is 85.0 cm³/mol. The summed E-state index contributed by atoms with van der Waals surface area (Å²) in [5.74, 6) is 0.909. The Labute approximate surface area is 134 Å². The van der Waals surface area contributed by atoms with Crippen LogP contribution in [0.1, 0.15) is 34.5 Å². The van der Waals surface area contributed by atoms with Crippen LogP contribution in [0.25, 0.3) is 0 Å². The quantitative estimate of drug-likeness (QED) is 0.870. The maximum absolute atomic E-state index is 12.9. The van der Waals surface area contributed by atoms with E-state index in [1.807, 2.05) is 19.1 Å². The van der Waals surface area contributed by atoms with Gasteiger partial charge in [0.1, 0.15) is 12.4 Å². The molecule has 0 unspecified atom stereocenters. The Morgan fingerprint density at radius 3 is 2.61 bits per heavy atom. The van der Waals surface area contributed by atoms with Crippen molar-refractivity contribution in [3.8, 4) is 0 Å². The number of carbonyl (C=O) groups is 2. The molecule has 0 atom stereocenters. The van der Waals surface area contributed by atoms with Gasteiger partial charge in [0.05, 0.1) is 0 Å². The van der Waals surface area contributed by atoms with Gasteiger partial charge in [-0.1, -0.05) is 22.9 Å². The number of carbonyl (C=O) groups excluding carboxylic acids is 2. The third-order valence-electron chi connectivity index (χ3n) is 3.92. The van der Waals surface area contributed by atoms with E-state index < -0.39 is 0 Å². The number of benzene rings is 1. The maximum Gasteiger partial charge on any atom is 0.261 e. The summed E-state index contributed by atoms with van der Waals surface area (Å²) in [5, 5.41) is 3.94. The van der Waals surface area contributed by atoms with Gasteiger partial charge in [0.15, 0.2) is 5.82 Å². The molecular weight excluding hydrogens is 294 g/mol. The molecule has 0 saturated carbocycles. The highest BCUT2D eigenvalue weighted by Gasteiger charge is 2.27. The molecule has 6 nitrogen and oxygen atoms in total. The van der Waals surface area contributed by atoms with Gasteiger partial charge in [0.2, 0.25) is 5.91 Å². The second-order valence-electron chi connectivity index (χ2n) is 5.80. The molecule has 1 aromatic heterocycles. The molecule has 1 saturated heterocycles. The van der Waals surface area contributed by atoms with E-state index in [2.05, 4.69) is 5.16 Å². The number of amides is 2. The van der Waals surface area contributed by atoms with Gasteiger partial charge in [-0.3, -0.25) is 14.5 Å². The first-order valence-corrected chi connectivity index (χ1v) is 7.64.